The first-order chi connectivity index (χ1) is 11.7. The van der Waals surface area contributed by atoms with Crippen molar-refractivity contribution in [3.63, 3.8) is 0 Å². The van der Waals surface area contributed by atoms with Crippen LogP contribution in [0, 0.1) is 20.8 Å². The lowest BCUT2D eigenvalue weighted by Crippen LogP contribution is -2.17. The molecule has 0 N–H and O–H groups in total. The maximum Gasteiger partial charge on any atom is 0.184 e. The zero-order valence-electron chi connectivity index (χ0n) is 14.9. The van der Waals surface area contributed by atoms with Crippen LogP contribution in [0.2, 0.25) is 0 Å². The Morgan fingerprint density at radius 1 is 1.12 bits per heavy atom. The van der Waals surface area contributed by atoms with E-state index in [1.54, 1.807) is 10.9 Å². The van der Waals surface area contributed by atoms with Crippen LogP contribution in [0.1, 0.15) is 23.0 Å². The van der Waals surface area contributed by atoms with E-state index in [4.69, 9.17) is 4.42 Å². The van der Waals surface area contributed by atoms with Gasteiger partial charge in [0.05, 0.1) is 30.7 Å². The molecule has 0 saturated heterocycles. The molecule has 0 atom stereocenters. The maximum absolute atomic E-state index is 11.5. The van der Waals surface area contributed by atoms with E-state index >= 15 is 0 Å². The molecule has 7 nitrogen and oxygen atoms in total. The molecule has 8 heteroatoms. The summed E-state index contributed by atoms with van der Waals surface area (Å²) in [4.78, 5) is 4.65. The Balaban J connectivity index is 1.99. The Hall–Kier alpha value is -2.35. The fourth-order valence-corrected chi connectivity index (χ4v) is 3.25. The lowest BCUT2D eigenvalue weighted by Gasteiger charge is -2.10. The Kier molecular flexibility index (Phi) is 4.55. The molecule has 134 valence electrons. The molecule has 0 bridgehead atoms. The second-order valence-corrected chi connectivity index (χ2v) is 8.56. The van der Waals surface area contributed by atoms with Crippen molar-refractivity contribution in [3.05, 3.63) is 47.4 Å². The van der Waals surface area contributed by atoms with Crippen LogP contribution < -0.4 is 0 Å². The molecule has 3 heterocycles. The number of aryl methyl sites for hydroxylation is 4. The smallest absolute Gasteiger partial charge is 0.184 e. The monoisotopic (exact) mass is 362 g/mol. The summed E-state index contributed by atoms with van der Waals surface area (Å²) in [6, 6.07) is 5.92. The van der Waals surface area contributed by atoms with Crippen LogP contribution >= 0.6 is 0 Å². The van der Waals surface area contributed by atoms with Gasteiger partial charge in [-0.15, -0.1) is 0 Å². The summed E-state index contributed by atoms with van der Waals surface area (Å²) in [6.07, 6.45) is 2.83. The van der Waals surface area contributed by atoms with Gasteiger partial charge in [-0.25, -0.2) is 18.1 Å². The molecule has 0 spiro atoms. The molecule has 0 aromatic carbocycles. The number of hydrogen-bond acceptors (Lipinski definition) is 5. The van der Waals surface area contributed by atoms with E-state index < -0.39 is 9.84 Å². The third kappa shape index (κ3) is 3.84. The van der Waals surface area contributed by atoms with Gasteiger partial charge in [-0.1, -0.05) is 0 Å². The van der Waals surface area contributed by atoms with Crippen LogP contribution in [0.25, 0.3) is 11.4 Å². The summed E-state index contributed by atoms with van der Waals surface area (Å²) < 4.78 is 32.2. The highest BCUT2D eigenvalue weighted by Gasteiger charge is 2.17. The van der Waals surface area contributed by atoms with E-state index in [1.807, 2.05) is 39.0 Å². The molecule has 25 heavy (non-hydrogen) atoms. The summed E-state index contributed by atoms with van der Waals surface area (Å²) in [7, 11) is -3.08. The van der Waals surface area contributed by atoms with Crippen LogP contribution in [0.4, 0.5) is 0 Å². The average Bonchev–Trinajstić information content (AvgIpc) is 3.20. The van der Waals surface area contributed by atoms with Crippen molar-refractivity contribution in [2.75, 3.05) is 12.0 Å². The molecule has 3 aromatic heterocycles. The van der Waals surface area contributed by atoms with E-state index in [9.17, 15) is 8.42 Å². The van der Waals surface area contributed by atoms with Crippen LogP contribution in [0.15, 0.2) is 28.9 Å². The van der Waals surface area contributed by atoms with Crippen molar-refractivity contribution in [2.24, 2.45) is 0 Å². The molecule has 0 unspecified atom stereocenters. The lowest BCUT2D eigenvalue weighted by atomic mass is 10.2. The Morgan fingerprint density at radius 2 is 1.80 bits per heavy atom. The first-order valence-electron chi connectivity index (χ1n) is 8.03. The van der Waals surface area contributed by atoms with Crippen molar-refractivity contribution in [1.29, 1.82) is 0 Å². The predicted molar refractivity (Wildman–Crippen MR) is 95.2 cm³/mol. The first kappa shape index (κ1) is 17.5. The van der Waals surface area contributed by atoms with Gasteiger partial charge in [0.15, 0.2) is 5.82 Å². The summed E-state index contributed by atoms with van der Waals surface area (Å²) in [5.41, 5.74) is 3.06. The highest BCUT2D eigenvalue weighted by molar-refractivity contribution is 7.90. The number of sulfone groups is 1. The number of rotatable bonds is 6. The third-order valence-corrected chi connectivity index (χ3v) is 5.16. The summed E-state index contributed by atoms with van der Waals surface area (Å²) in [6.45, 7) is 6.74. The highest BCUT2D eigenvalue weighted by atomic mass is 32.2. The van der Waals surface area contributed by atoms with Crippen molar-refractivity contribution in [2.45, 2.75) is 33.9 Å². The lowest BCUT2D eigenvalue weighted by molar-refractivity contribution is 0.535. The van der Waals surface area contributed by atoms with Gasteiger partial charge < -0.3 is 8.98 Å². The Bertz CT molecular complexity index is 976. The normalized spacial score (nSPS) is 12.0. The van der Waals surface area contributed by atoms with Gasteiger partial charge in [0.1, 0.15) is 21.4 Å². The topological polar surface area (TPSA) is 82.9 Å². The molecule has 0 aliphatic heterocycles. The number of aromatic nitrogens is 4. The first-order valence-corrected chi connectivity index (χ1v) is 10.1. The van der Waals surface area contributed by atoms with Crippen molar-refractivity contribution < 1.29 is 12.8 Å². The van der Waals surface area contributed by atoms with E-state index in [0.29, 0.717) is 12.4 Å². The SMILES string of the molecule is Cc1occc1-c1nc(Cn2c(C)ccc2C)n(CCS(C)(=O)=O)n1. The number of hydrogen-bond donors (Lipinski definition) is 0. The van der Waals surface area contributed by atoms with Gasteiger partial charge in [0.25, 0.3) is 0 Å². The summed E-state index contributed by atoms with van der Waals surface area (Å²) >= 11 is 0. The standard InChI is InChI=1S/C17H22N4O3S/c1-12-5-6-13(2)20(12)11-16-18-17(15-7-9-24-14(15)3)19-21(16)8-10-25(4,22)23/h5-7,9H,8,10-11H2,1-4H3. The zero-order chi connectivity index (χ0) is 18.2. The fraction of sp³-hybridized carbons (Fsp3) is 0.412. The quantitative estimate of drug-likeness (QED) is 0.672. The minimum atomic E-state index is -3.08. The minimum Gasteiger partial charge on any atom is -0.469 e. The summed E-state index contributed by atoms with van der Waals surface area (Å²) in [5.74, 6) is 2.04. The van der Waals surface area contributed by atoms with E-state index in [0.717, 1.165) is 28.5 Å². The molecule has 3 aromatic rings. The van der Waals surface area contributed by atoms with Gasteiger partial charge in [-0.3, -0.25) is 0 Å². The van der Waals surface area contributed by atoms with Gasteiger partial charge in [-0.2, -0.15) is 5.10 Å². The van der Waals surface area contributed by atoms with E-state index in [1.165, 1.54) is 6.26 Å². The number of nitrogens with zero attached hydrogens (tertiary/aromatic N) is 4. The van der Waals surface area contributed by atoms with Crippen LogP contribution in [0.3, 0.4) is 0 Å². The average molecular weight is 362 g/mol. The van der Waals surface area contributed by atoms with Crippen molar-refractivity contribution >= 4 is 9.84 Å². The van der Waals surface area contributed by atoms with Gasteiger partial charge in [-0.05, 0) is 39.0 Å². The predicted octanol–water partition coefficient (Wildman–Crippen LogP) is 2.36. The fourth-order valence-electron chi connectivity index (χ4n) is 2.74. The Morgan fingerprint density at radius 3 is 2.36 bits per heavy atom. The highest BCUT2D eigenvalue weighted by Crippen LogP contribution is 2.22. The molecule has 0 fully saturated rings. The molecule has 0 aliphatic rings. The second kappa shape index (κ2) is 6.51. The maximum atomic E-state index is 11.5. The third-order valence-electron chi connectivity index (χ3n) is 4.24. The van der Waals surface area contributed by atoms with Gasteiger partial charge >= 0.3 is 0 Å². The number of furan rings is 1. The van der Waals surface area contributed by atoms with E-state index in [2.05, 4.69) is 14.6 Å². The molecular weight excluding hydrogens is 340 g/mol. The molecule has 0 radical (unpaired) electrons. The molecule has 0 aliphatic carbocycles. The van der Waals surface area contributed by atoms with E-state index in [-0.39, 0.29) is 12.3 Å². The van der Waals surface area contributed by atoms with Crippen LogP contribution in [-0.4, -0.2) is 39.8 Å². The zero-order valence-corrected chi connectivity index (χ0v) is 15.7. The molecule has 0 amide bonds. The Labute approximate surface area is 147 Å². The minimum absolute atomic E-state index is 0.0246. The summed E-state index contributed by atoms with van der Waals surface area (Å²) in [5, 5.41) is 4.52. The molecule has 0 saturated carbocycles. The van der Waals surface area contributed by atoms with Crippen molar-refractivity contribution in [1.82, 2.24) is 19.3 Å². The van der Waals surface area contributed by atoms with Crippen molar-refractivity contribution in [3.8, 4) is 11.4 Å². The van der Waals surface area contributed by atoms with Crippen LogP contribution in [-0.2, 0) is 22.9 Å². The second-order valence-electron chi connectivity index (χ2n) is 6.30. The van der Waals surface area contributed by atoms with Gasteiger partial charge in [0.2, 0.25) is 0 Å². The molecule has 3 rings (SSSR count). The largest absolute Gasteiger partial charge is 0.469 e. The molecular formula is C17H22N4O3S. The van der Waals surface area contributed by atoms with Gasteiger partial charge in [0, 0.05) is 17.6 Å². The van der Waals surface area contributed by atoms with Crippen LogP contribution in [0.5, 0.6) is 0 Å².